The van der Waals surface area contributed by atoms with Crippen LogP contribution in [-0.2, 0) is 6.18 Å². The van der Waals surface area contributed by atoms with Crippen molar-refractivity contribution in [3.05, 3.63) is 82.3 Å². The van der Waals surface area contributed by atoms with Gasteiger partial charge in [-0.2, -0.15) is 13.2 Å². The van der Waals surface area contributed by atoms with Gasteiger partial charge in [-0.15, -0.1) is 0 Å². The summed E-state index contributed by atoms with van der Waals surface area (Å²) in [5, 5.41) is 18.5. The van der Waals surface area contributed by atoms with E-state index in [4.69, 9.17) is 0 Å². The Hall–Kier alpha value is -4.60. The molecule has 2 amide bonds. The summed E-state index contributed by atoms with van der Waals surface area (Å²) in [6, 6.07) is 10.8. The number of aliphatic hydroxyl groups is 1. The van der Waals surface area contributed by atoms with E-state index in [1.54, 1.807) is 26.0 Å². The zero-order chi connectivity index (χ0) is 32.1. The van der Waals surface area contributed by atoms with Crippen molar-refractivity contribution in [1.29, 1.82) is 0 Å². The number of hydrogen-bond acceptors (Lipinski definition) is 10. The highest BCUT2D eigenvalue weighted by Gasteiger charge is 2.31. The van der Waals surface area contributed by atoms with Gasteiger partial charge < -0.3 is 26.0 Å². The zero-order valence-electron chi connectivity index (χ0n) is 24.5. The van der Waals surface area contributed by atoms with E-state index in [2.05, 4.69) is 40.7 Å². The number of amides is 2. The number of carbonyl (C=O) groups is 2. The topological polar surface area (TPSA) is 136 Å². The number of carbonyl (C=O) groups excluding carboxylic acids is 2. The molecule has 3 heterocycles. The van der Waals surface area contributed by atoms with E-state index < -0.39 is 23.6 Å². The molecule has 11 nitrogen and oxygen atoms in total. The van der Waals surface area contributed by atoms with E-state index in [-0.39, 0.29) is 17.2 Å². The number of aryl methyl sites for hydroxylation is 2. The van der Waals surface area contributed by atoms with E-state index in [1.165, 1.54) is 24.4 Å². The van der Waals surface area contributed by atoms with Crippen molar-refractivity contribution in [1.82, 2.24) is 19.9 Å². The Balaban J connectivity index is 1.23. The lowest BCUT2D eigenvalue weighted by molar-refractivity contribution is -0.137. The molecular weight excluding hydrogens is 609 g/mol. The molecule has 15 heteroatoms. The third-order valence-corrected chi connectivity index (χ3v) is 8.00. The molecule has 4 N–H and O–H groups in total. The number of piperazine rings is 1. The lowest BCUT2D eigenvalue weighted by Gasteiger charge is -2.35. The smallest absolute Gasteiger partial charge is 0.395 e. The Labute approximate surface area is 261 Å². The Kier molecular flexibility index (Phi) is 9.60. The third kappa shape index (κ3) is 8.12. The maximum absolute atomic E-state index is 13.1. The van der Waals surface area contributed by atoms with E-state index in [1.807, 2.05) is 6.07 Å². The summed E-state index contributed by atoms with van der Waals surface area (Å²) in [5.41, 5.74) is 0.334. The van der Waals surface area contributed by atoms with Crippen LogP contribution in [-0.4, -0.2) is 76.1 Å². The molecule has 0 atom stereocenters. The minimum absolute atomic E-state index is 0.131. The number of thiazole rings is 1. The second kappa shape index (κ2) is 13.6. The van der Waals surface area contributed by atoms with Crippen molar-refractivity contribution in [2.45, 2.75) is 20.0 Å². The van der Waals surface area contributed by atoms with Crippen molar-refractivity contribution in [2.75, 3.05) is 60.2 Å². The number of benzene rings is 2. The summed E-state index contributed by atoms with van der Waals surface area (Å²) in [6.45, 7) is 7.55. The predicted molar refractivity (Wildman–Crippen MR) is 166 cm³/mol. The molecule has 2 aromatic carbocycles. The third-order valence-electron chi connectivity index (χ3n) is 7.08. The van der Waals surface area contributed by atoms with Crippen molar-refractivity contribution >= 4 is 51.2 Å². The van der Waals surface area contributed by atoms with E-state index in [9.17, 15) is 27.9 Å². The molecule has 0 aliphatic carbocycles. The average Bonchev–Trinajstić information content (AvgIpc) is 3.47. The summed E-state index contributed by atoms with van der Waals surface area (Å²) >= 11 is 1.13. The van der Waals surface area contributed by atoms with Crippen LogP contribution in [0.2, 0.25) is 0 Å². The number of alkyl halides is 3. The number of rotatable bonds is 9. The Morgan fingerprint density at radius 1 is 0.978 bits per heavy atom. The number of halogens is 3. The molecule has 0 unspecified atom stereocenters. The van der Waals surface area contributed by atoms with Crippen LogP contribution in [0.25, 0.3) is 0 Å². The minimum atomic E-state index is -4.57. The van der Waals surface area contributed by atoms with Gasteiger partial charge in [0.25, 0.3) is 11.8 Å². The molecule has 5 rings (SSSR count). The first kappa shape index (κ1) is 31.8. The SMILES string of the molecule is Cc1nc(Nc2cnc(C(=O)Nc3cc(NC(=O)c4cccc(C(F)(F)F)c4)ccc3C)s2)cc(N2CCN(CCO)CC2)n1. The second-order valence-electron chi connectivity index (χ2n) is 10.4. The Morgan fingerprint density at radius 2 is 1.76 bits per heavy atom. The van der Waals surface area contributed by atoms with Crippen molar-refractivity contribution in [3.8, 4) is 0 Å². The van der Waals surface area contributed by atoms with E-state index >= 15 is 0 Å². The van der Waals surface area contributed by atoms with E-state index in [0.717, 1.165) is 55.5 Å². The predicted octanol–water partition coefficient (Wildman–Crippen LogP) is 4.93. The summed E-state index contributed by atoms with van der Waals surface area (Å²) in [6.07, 6.45) is -3.04. The number of aromatic nitrogens is 3. The van der Waals surface area contributed by atoms with Crippen LogP contribution in [0.4, 0.5) is 41.2 Å². The van der Waals surface area contributed by atoms with Crippen LogP contribution < -0.4 is 20.9 Å². The lowest BCUT2D eigenvalue weighted by atomic mass is 10.1. The standard InChI is InChI=1S/C30H31F3N8O3S/c1-18-6-7-22(37-27(43)20-4-3-5-21(14-20)30(31,32)33)15-23(18)38-28(44)29-34-17-26(45-29)39-24-16-25(36-19(2)35-24)41-10-8-40(9-11-41)12-13-42/h3-7,14-17,42H,8-13H2,1-2H3,(H,37,43)(H,38,44)(H,35,36,39). The normalized spacial score (nSPS) is 13.9. The lowest BCUT2D eigenvalue weighted by Crippen LogP contribution is -2.47. The van der Waals surface area contributed by atoms with Crippen LogP contribution in [0.15, 0.2) is 54.7 Å². The van der Waals surface area contributed by atoms with Gasteiger partial charge in [-0.05, 0) is 49.7 Å². The summed E-state index contributed by atoms with van der Waals surface area (Å²) in [7, 11) is 0. The fraction of sp³-hybridized carbons (Fsp3) is 0.300. The van der Waals surface area contributed by atoms with Gasteiger partial charge in [-0.1, -0.05) is 23.5 Å². The molecule has 1 aliphatic heterocycles. The molecule has 1 saturated heterocycles. The van der Waals surface area contributed by atoms with Crippen LogP contribution in [0.1, 0.15) is 37.1 Å². The largest absolute Gasteiger partial charge is 0.416 e. The molecule has 4 aromatic rings. The summed E-state index contributed by atoms with van der Waals surface area (Å²) < 4.78 is 39.2. The number of nitrogens with zero attached hydrogens (tertiary/aromatic N) is 5. The van der Waals surface area contributed by atoms with Gasteiger partial charge in [0.15, 0.2) is 5.01 Å². The fourth-order valence-corrected chi connectivity index (χ4v) is 5.45. The van der Waals surface area contributed by atoms with Crippen LogP contribution in [0, 0.1) is 13.8 Å². The number of hydrogen-bond donors (Lipinski definition) is 4. The highest BCUT2D eigenvalue weighted by molar-refractivity contribution is 7.17. The molecule has 0 saturated carbocycles. The number of anilines is 5. The first-order valence-electron chi connectivity index (χ1n) is 14.1. The van der Waals surface area contributed by atoms with E-state index in [0.29, 0.717) is 40.1 Å². The Bertz CT molecular complexity index is 1690. The van der Waals surface area contributed by atoms with Gasteiger partial charge in [0.05, 0.1) is 18.4 Å². The first-order chi connectivity index (χ1) is 21.5. The highest BCUT2D eigenvalue weighted by Crippen LogP contribution is 2.30. The summed E-state index contributed by atoms with van der Waals surface area (Å²) in [5.74, 6) is 0.742. The molecule has 45 heavy (non-hydrogen) atoms. The van der Waals surface area contributed by atoms with Crippen LogP contribution in [0.3, 0.4) is 0 Å². The van der Waals surface area contributed by atoms with Gasteiger partial charge in [0, 0.05) is 55.7 Å². The van der Waals surface area contributed by atoms with Crippen molar-refractivity contribution in [3.63, 3.8) is 0 Å². The molecule has 236 valence electrons. The fourth-order valence-electron chi connectivity index (χ4n) is 4.73. The molecule has 1 aliphatic rings. The molecule has 0 bridgehead atoms. The first-order valence-corrected chi connectivity index (χ1v) is 14.9. The molecular formula is C30H31F3N8O3S. The molecule has 2 aromatic heterocycles. The van der Waals surface area contributed by atoms with Crippen molar-refractivity contribution < 1.29 is 27.9 Å². The highest BCUT2D eigenvalue weighted by atomic mass is 32.1. The van der Waals surface area contributed by atoms with Crippen molar-refractivity contribution in [2.24, 2.45) is 0 Å². The van der Waals surface area contributed by atoms with Gasteiger partial charge >= 0.3 is 6.18 Å². The van der Waals surface area contributed by atoms with Gasteiger partial charge in [0.1, 0.15) is 22.5 Å². The van der Waals surface area contributed by atoms with Crippen LogP contribution >= 0.6 is 11.3 Å². The molecule has 1 fully saturated rings. The van der Waals surface area contributed by atoms with Gasteiger partial charge in [-0.25, -0.2) is 15.0 Å². The zero-order valence-corrected chi connectivity index (χ0v) is 25.3. The average molecular weight is 641 g/mol. The quantitative estimate of drug-likeness (QED) is 0.201. The monoisotopic (exact) mass is 640 g/mol. The number of β-amino-alcohol motifs (C(OH)–C–C–N with tert-alkyl or cyclic N) is 1. The van der Waals surface area contributed by atoms with Crippen LogP contribution in [0.5, 0.6) is 0 Å². The maximum atomic E-state index is 13.1. The second-order valence-corrected chi connectivity index (χ2v) is 11.4. The summed E-state index contributed by atoms with van der Waals surface area (Å²) in [4.78, 5) is 43.4. The molecule has 0 radical (unpaired) electrons. The van der Waals surface area contributed by atoms with Gasteiger partial charge in [-0.3, -0.25) is 14.5 Å². The Morgan fingerprint density at radius 3 is 2.49 bits per heavy atom. The number of aliphatic hydroxyl groups excluding tert-OH is 1. The molecule has 0 spiro atoms. The van der Waals surface area contributed by atoms with Gasteiger partial charge in [0.2, 0.25) is 0 Å². The number of nitrogens with one attached hydrogen (secondary N) is 3. The maximum Gasteiger partial charge on any atom is 0.416 e. The minimum Gasteiger partial charge on any atom is -0.395 e.